The summed E-state index contributed by atoms with van der Waals surface area (Å²) in [6, 6.07) is 5.97. The van der Waals surface area contributed by atoms with E-state index in [0.29, 0.717) is 35.4 Å². The van der Waals surface area contributed by atoms with Gasteiger partial charge in [0.15, 0.2) is 0 Å². The number of nitrogens with zero attached hydrogens (tertiary/aromatic N) is 4. The van der Waals surface area contributed by atoms with E-state index in [1.165, 1.54) is 11.1 Å². The Hall–Kier alpha value is -2.97. The molecular formula is C26H31N5O3. The molecule has 1 N–H and O–H groups in total. The van der Waals surface area contributed by atoms with Crippen LogP contribution in [0.2, 0.25) is 0 Å². The van der Waals surface area contributed by atoms with Gasteiger partial charge in [0.2, 0.25) is 5.95 Å². The quantitative estimate of drug-likeness (QED) is 0.604. The van der Waals surface area contributed by atoms with Gasteiger partial charge in [0.25, 0.3) is 5.56 Å². The Bertz CT molecular complexity index is 1290. The maximum atomic E-state index is 13.2. The van der Waals surface area contributed by atoms with Crippen molar-refractivity contribution in [3.8, 4) is 5.75 Å². The third kappa shape index (κ3) is 3.95. The third-order valence-corrected chi connectivity index (χ3v) is 7.52. The molecule has 0 bridgehead atoms. The number of hydrogen-bond acceptors (Lipinski definition) is 7. The van der Waals surface area contributed by atoms with Crippen LogP contribution in [0.3, 0.4) is 0 Å². The Morgan fingerprint density at radius 1 is 1.18 bits per heavy atom. The van der Waals surface area contributed by atoms with E-state index in [0.717, 1.165) is 68.9 Å². The standard InChI is InChI=1S/C26H31N5O3/c1-33-18-6-9-30(14-18)15-23-20-7-10-31(13-17(20)5-8-27-23)26-28-22-12-19(34-2)11-21(16-3-4-16)24(22)25(32)29-26/h5,8,11-12,16,18H,3-4,6-7,9-10,13-15H2,1-2H3,(H,28,29,32)/t18-/m0/s1. The van der Waals surface area contributed by atoms with E-state index >= 15 is 0 Å². The van der Waals surface area contributed by atoms with Gasteiger partial charge in [-0.15, -0.1) is 0 Å². The normalized spacial score (nSPS) is 20.6. The topological polar surface area (TPSA) is 83.6 Å². The number of anilines is 1. The molecule has 34 heavy (non-hydrogen) atoms. The van der Waals surface area contributed by atoms with E-state index in [4.69, 9.17) is 19.4 Å². The van der Waals surface area contributed by atoms with Crippen molar-refractivity contribution < 1.29 is 9.47 Å². The molecule has 3 aromatic rings. The van der Waals surface area contributed by atoms with Crippen molar-refractivity contribution in [2.75, 3.05) is 38.8 Å². The lowest BCUT2D eigenvalue weighted by Crippen LogP contribution is -2.34. The molecule has 4 heterocycles. The average Bonchev–Trinajstić information content (AvgIpc) is 3.61. The molecule has 1 saturated carbocycles. The Kier molecular flexibility index (Phi) is 5.50. The second kappa shape index (κ2) is 8.67. The van der Waals surface area contributed by atoms with Crippen LogP contribution in [0.15, 0.2) is 29.2 Å². The second-order valence-corrected chi connectivity index (χ2v) is 9.72. The number of hydrogen-bond donors (Lipinski definition) is 1. The fourth-order valence-corrected chi connectivity index (χ4v) is 5.47. The molecule has 2 aromatic heterocycles. The maximum absolute atomic E-state index is 13.2. The fourth-order valence-electron chi connectivity index (χ4n) is 5.47. The summed E-state index contributed by atoms with van der Waals surface area (Å²) in [6.45, 7) is 4.37. The number of H-pyrrole nitrogens is 1. The summed E-state index contributed by atoms with van der Waals surface area (Å²) < 4.78 is 11.0. The third-order valence-electron chi connectivity index (χ3n) is 7.52. The van der Waals surface area contributed by atoms with E-state index < -0.39 is 0 Å². The van der Waals surface area contributed by atoms with Gasteiger partial charge in [-0.25, -0.2) is 4.98 Å². The summed E-state index contributed by atoms with van der Waals surface area (Å²) in [5, 5.41) is 0.705. The molecular weight excluding hydrogens is 430 g/mol. The molecule has 2 fully saturated rings. The van der Waals surface area contributed by atoms with Crippen LogP contribution in [-0.4, -0.2) is 59.8 Å². The minimum atomic E-state index is -0.0625. The van der Waals surface area contributed by atoms with Gasteiger partial charge >= 0.3 is 0 Å². The Morgan fingerprint density at radius 2 is 2.06 bits per heavy atom. The summed E-state index contributed by atoms with van der Waals surface area (Å²) in [5.41, 5.74) is 5.46. The summed E-state index contributed by atoms with van der Waals surface area (Å²) in [5.74, 6) is 1.82. The lowest BCUT2D eigenvalue weighted by atomic mass is 9.98. The summed E-state index contributed by atoms with van der Waals surface area (Å²) in [6.07, 6.45) is 6.43. The highest BCUT2D eigenvalue weighted by Crippen LogP contribution is 2.43. The maximum Gasteiger partial charge on any atom is 0.260 e. The molecule has 0 unspecified atom stereocenters. The van der Waals surface area contributed by atoms with Crippen molar-refractivity contribution in [1.29, 1.82) is 0 Å². The predicted octanol–water partition coefficient (Wildman–Crippen LogP) is 2.99. The van der Waals surface area contributed by atoms with E-state index in [1.807, 2.05) is 18.3 Å². The highest BCUT2D eigenvalue weighted by molar-refractivity contribution is 5.85. The second-order valence-electron chi connectivity index (χ2n) is 9.72. The summed E-state index contributed by atoms with van der Waals surface area (Å²) in [4.78, 5) is 30.4. The van der Waals surface area contributed by atoms with Gasteiger partial charge in [-0.2, -0.15) is 0 Å². The largest absolute Gasteiger partial charge is 0.497 e. The molecule has 178 valence electrons. The van der Waals surface area contributed by atoms with Crippen LogP contribution in [-0.2, 0) is 24.2 Å². The Balaban J connectivity index is 1.28. The van der Waals surface area contributed by atoms with Gasteiger partial charge < -0.3 is 14.4 Å². The first-order chi connectivity index (χ1) is 16.6. The van der Waals surface area contributed by atoms with Crippen LogP contribution in [0, 0.1) is 0 Å². The predicted molar refractivity (Wildman–Crippen MR) is 131 cm³/mol. The molecule has 6 rings (SSSR count). The highest BCUT2D eigenvalue weighted by atomic mass is 16.5. The van der Waals surface area contributed by atoms with Gasteiger partial charge in [0, 0.05) is 52.1 Å². The number of fused-ring (bicyclic) bond motifs is 2. The van der Waals surface area contributed by atoms with Crippen LogP contribution in [0.5, 0.6) is 5.75 Å². The smallest absolute Gasteiger partial charge is 0.260 e. The van der Waals surface area contributed by atoms with Gasteiger partial charge in [-0.05, 0) is 60.4 Å². The van der Waals surface area contributed by atoms with E-state index in [2.05, 4.69) is 20.9 Å². The van der Waals surface area contributed by atoms with Crippen molar-refractivity contribution in [3.63, 3.8) is 0 Å². The van der Waals surface area contributed by atoms with Crippen molar-refractivity contribution in [2.24, 2.45) is 0 Å². The molecule has 1 aromatic carbocycles. The zero-order valence-electron chi connectivity index (χ0n) is 19.8. The Morgan fingerprint density at radius 3 is 2.82 bits per heavy atom. The molecule has 8 heteroatoms. The minimum absolute atomic E-state index is 0.0625. The van der Waals surface area contributed by atoms with E-state index in [9.17, 15) is 4.79 Å². The number of rotatable bonds is 6. The number of ether oxygens (including phenoxy) is 2. The number of methoxy groups -OCH3 is 2. The first-order valence-corrected chi connectivity index (χ1v) is 12.2. The number of aromatic nitrogens is 3. The number of likely N-dealkylation sites (tertiary alicyclic amines) is 1. The van der Waals surface area contributed by atoms with Crippen molar-refractivity contribution >= 4 is 16.9 Å². The molecule has 3 aliphatic rings. The van der Waals surface area contributed by atoms with Crippen molar-refractivity contribution in [2.45, 2.75) is 50.8 Å². The number of benzene rings is 1. The summed E-state index contributed by atoms with van der Waals surface area (Å²) in [7, 11) is 3.45. The van der Waals surface area contributed by atoms with Crippen LogP contribution in [0.4, 0.5) is 5.95 Å². The molecule has 1 atom stereocenters. The van der Waals surface area contributed by atoms with Gasteiger partial charge in [-0.3, -0.25) is 19.7 Å². The zero-order valence-corrected chi connectivity index (χ0v) is 19.8. The SMILES string of the molecule is COc1cc(C2CC2)c2c(=O)[nH]c(N3CCc4c(ccnc4CN4CC[C@H](OC)C4)C3)nc2c1. The number of nitrogens with one attached hydrogen (secondary N) is 1. The lowest BCUT2D eigenvalue weighted by molar-refractivity contribution is 0.107. The van der Waals surface area contributed by atoms with Crippen LogP contribution >= 0.6 is 0 Å². The molecule has 0 radical (unpaired) electrons. The van der Waals surface area contributed by atoms with Crippen LogP contribution < -0.4 is 15.2 Å². The highest BCUT2D eigenvalue weighted by Gasteiger charge is 2.29. The van der Waals surface area contributed by atoms with Gasteiger partial charge in [0.05, 0.1) is 29.8 Å². The van der Waals surface area contributed by atoms with Gasteiger partial charge in [0.1, 0.15) is 5.75 Å². The number of pyridine rings is 1. The molecule has 0 amide bonds. The Labute approximate surface area is 198 Å². The lowest BCUT2D eigenvalue weighted by Gasteiger charge is -2.31. The number of aromatic amines is 1. The first-order valence-electron chi connectivity index (χ1n) is 12.2. The minimum Gasteiger partial charge on any atom is -0.497 e. The van der Waals surface area contributed by atoms with E-state index in [1.54, 1.807) is 14.2 Å². The fraction of sp³-hybridized carbons (Fsp3) is 0.500. The first kappa shape index (κ1) is 21.6. The van der Waals surface area contributed by atoms with Crippen LogP contribution in [0.1, 0.15) is 47.6 Å². The van der Waals surface area contributed by atoms with Crippen molar-refractivity contribution in [1.82, 2.24) is 19.9 Å². The zero-order chi connectivity index (χ0) is 23.2. The molecule has 1 saturated heterocycles. The molecule has 0 spiro atoms. The van der Waals surface area contributed by atoms with Gasteiger partial charge in [-0.1, -0.05) is 0 Å². The molecule has 1 aliphatic carbocycles. The monoisotopic (exact) mass is 461 g/mol. The van der Waals surface area contributed by atoms with E-state index in [-0.39, 0.29) is 5.56 Å². The summed E-state index contributed by atoms with van der Waals surface area (Å²) >= 11 is 0. The molecule has 2 aliphatic heterocycles. The average molecular weight is 462 g/mol. The molecule has 8 nitrogen and oxygen atoms in total. The van der Waals surface area contributed by atoms with Crippen molar-refractivity contribution in [3.05, 3.63) is 57.1 Å². The van der Waals surface area contributed by atoms with Crippen LogP contribution in [0.25, 0.3) is 10.9 Å².